The average Bonchev–Trinajstić information content (AvgIpc) is 2.86. The van der Waals surface area contributed by atoms with Crippen molar-refractivity contribution >= 4 is 5.91 Å². The first-order valence-electron chi connectivity index (χ1n) is 6.93. The van der Waals surface area contributed by atoms with Gasteiger partial charge in [-0.05, 0) is 31.0 Å². The summed E-state index contributed by atoms with van der Waals surface area (Å²) in [7, 11) is 0. The lowest BCUT2D eigenvalue weighted by molar-refractivity contribution is -0.125. The Kier molecular flexibility index (Phi) is 5.21. The Morgan fingerprint density at radius 1 is 1.37 bits per heavy atom. The zero-order chi connectivity index (χ0) is 13.5. The molecule has 0 aromatic heterocycles. The van der Waals surface area contributed by atoms with Crippen LogP contribution in [0.1, 0.15) is 13.3 Å². The predicted molar refractivity (Wildman–Crippen MR) is 75.1 cm³/mol. The normalized spacial score (nSPS) is 22.2. The number of carbonyl (C=O) groups excluding carboxylic acids is 1. The van der Waals surface area contributed by atoms with E-state index in [1.807, 2.05) is 30.3 Å². The predicted octanol–water partition coefficient (Wildman–Crippen LogP) is 1.43. The fourth-order valence-electron chi connectivity index (χ4n) is 2.28. The summed E-state index contributed by atoms with van der Waals surface area (Å²) in [4.78, 5) is 11.9. The summed E-state index contributed by atoms with van der Waals surface area (Å²) >= 11 is 0. The quantitative estimate of drug-likeness (QED) is 0.763. The minimum absolute atomic E-state index is 0.120. The van der Waals surface area contributed by atoms with Gasteiger partial charge in [0.25, 0.3) is 0 Å². The molecule has 2 atom stereocenters. The standard InChI is InChI=1S/C15H22N2O2/c1-12-10-16-11-14(12)15(18)17-8-5-9-19-13-6-3-2-4-7-13/h2-4,6-7,12,14,16H,5,8-11H2,1H3,(H,17,18). The highest BCUT2D eigenvalue weighted by Crippen LogP contribution is 2.15. The molecule has 2 N–H and O–H groups in total. The maximum absolute atomic E-state index is 11.9. The maximum Gasteiger partial charge on any atom is 0.224 e. The van der Waals surface area contributed by atoms with E-state index in [0.29, 0.717) is 19.1 Å². The molecule has 4 heteroatoms. The van der Waals surface area contributed by atoms with Gasteiger partial charge in [-0.15, -0.1) is 0 Å². The molecule has 1 saturated heterocycles. The van der Waals surface area contributed by atoms with E-state index in [4.69, 9.17) is 4.74 Å². The van der Waals surface area contributed by atoms with Crippen LogP contribution in [0, 0.1) is 11.8 Å². The van der Waals surface area contributed by atoms with Gasteiger partial charge < -0.3 is 15.4 Å². The van der Waals surface area contributed by atoms with E-state index in [1.54, 1.807) is 0 Å². The van der Waals surface area contributed by atoms with Crippen molar-refractivity contribution < 1.29 is 9.53 Å². The van der Waals surface area contributed by atoms with Crippen molar-refractivity contribution in [1.82, 2.24) is 10.6 Å². The first-order chi connectivity index (χ1) is 9.27. The Morgan fingerprint density at radius 2 is 2.16 bits per heavy atom. The lowest BCUT2D eigenvalue weighted by atomic mass is 9.97. The van der Waals surface area contributed by atoms with Gasteiger partial charge in [0.05, 0.1) is 12.5 Å². The number of amides is 1. The van der Waals surface area contributed by atoms with Crippen molar-refractivity contribution in [2.45, 2.75) is 13.3 Å². The van der Waals surface area contributed by atoms with Crippen LogP contribution in [0.2, 0.25) is 0 Å². The molecule has 1 aliphatic heterocycles. The summed E-state index contributed by atoms with van der Waals surface area (Å²) in [6.07, 6.45) is 0.829. The van der Waals surface area contributed by atoms with E-state index in [1.165, 1.54) is 0 Å². The van der Waals surface area contributed by atoms with E-state index in [-0.39, 0.29) is 11.8 Å². The second kappa shape index (κ2) is 7.14. The van der Waals surface area contributed by atoms with E-state index in [9.17, 15) is 4.79 Å². The highest BCUT2D eigenvalue weighted by molar-refractivity contribution is 5.79. The van der Waals surface area contributed by atoms with Crippen LogP contribution in [-0.2, 0) is 4.79 Å². The Hall–Kier alpha value is -1.55. The topological polar surface area (TPSA) is 50.4 Å². The van der Waals surface area contributed by atoms with Crippen LogP contribution in [0.5, 0.6) is 5.75 Å². The van der Waals surface area contributed by atoms with Crippen LogP contribution >= 0.6 is 0 Å². The molecule has 0 spiro atoms. The summed E-state index contributed by atoms with van der Waals surface area (Å²) in [5.74, 6) is 1.59. The summed E-state index contributed by atoms with van der Waals surface area (Å²) in [6.45, 7) is 5.16. The molecule has 4 nitrogen and oxygen atoms in total. The zero-order valence-corrected chi connectivity index (χ0v) is 11.4. The molecule has 1 heterocycles. The van der Waals surface area contributed by atoms with Gasteiger partial charge in [-0.3, -0.25) is 4.79 Å². The molecule has 0 saturated carbocycles. The van der Waals surface area contributed by atoms with Gasteiger partial charge in [-0.1, -0.05) is 25.1 Å². The van der Waals surface area contributed by atoms with E-state index in [2.05, 4.69) is 17.6 Å². The van der Waals surface area contributed by atoms with Crippen LogP contribution in [0.15, 0.2) is 30.3 Å². The van der Waals surface area contributed by atoms with Crippen molar-refractivity contribution in [2.75, 3.05) is 26.2 Å². The average molecular weight is 262 g/mol. The second-order valence-corrected chi connectivity index (χ2v) is 5.05. The Labute approximate surface area is 114 Å². The minimum Gasteiger partial charge on any atom is -0.494 e. The summed E-state index contributed by atoms with van der Waals surface area (Å²) < 4.78 is 5.57. The highest BCUT2D eigenvalue weighted by atomic mass is 16.5. The van der Waals surface area contributed by atoms with Gasteiger partial charge in [-0.25, -0.2) is 0 Å². The Morgan fingerprint density at radius 3 is 2.84 bits per heavy atom. The molecule has 1 aromatic carbocycles. The Balaban J connectivity index is 1.58. The number of hydrogen-bond donors (Lipinski definition) is 2. The number of hydrogen-bond acceptors (Lipinski definition) is 3. The number of rotatable bonds is 6. The number of carbonyl (C=O) groups is 1. The SMILES string of the molecule is CC1CNCC1C(=O)NCCCOc1ccccc1. The van der Waals surface area contributed by atoms with Crippen LogP contribution < -0.4 is 15.4 Å². The van der Waals surface area contributed by atoms with E-state index in [0.717, 1.165) is 25.3 Å². The van der Waals surface area contributed by atoms with Crippen molar-refractivity contribution in [2.24, 2.45) is 11.8 Å². The second-order valence-electron chi connectivity index (χ2n) is 5.05. The van der Waals surface area contributed by atoms with Gasteiger partial charge >= 0.3 is 0 Å². The van der Waals surface area contributed by atoms with Gasteiger partial charge in [0.15, 0.2) is 0 Å². The molecule has 1 fully saturated rings. The molecule has 1 aromatic rings. The molecule has 1 aliphatic rings. The van der Waals surface area contributed by atoms with Gasteiger partial charge in [0.1, 0.15) is 5.75 Å². The summed E-state index contributed by atoms with van der Waals surface area (Å²) in [6, 6.07) is 9.73. The molecule has 0 aliphatic carbocycles. The largest absolute Gasteiger partial charge is 0.494 e. The fraction of sp³-hybridized carbons (Fsp3) is 0.533. The third kappa shape index (κ3) is 4.24. The molecule has 19 heavy (non-hydrogen) atoms. The number of ether oxygens (including phenoxy) is 1. The van der Waals surface area contributed by atoms with E-state index < -0.39 is 0 Å². The van der Waals surface area contributed by atoms with Crippen LogP contribution in [0.25, 0.3) is 0 Å². The molecule has 1 amide bonds. The first kappa shape index (κ1) is 13.9. The van der Waals surface area contributed by atoms with Crippen LogP contribution in [-0.4, -0.2) is 32.1 Å². The first-order valence-corrected chi connectivity index (χ1v) is 6.93. The lowest BCUT2D eigenvalue weighted by Gasteiger charge is -2.14. The van der Waals surface area contributed by atoms with Crippen molar-refractivity contribution in [3.63, 3.8) is 0 Å². The van der Waals surface area contributed by atoms with Crippen LogP contribution in [0.4, 0.5) is 0 Å². The minimum atomic E-state index is 0.120. The molecule has 104 valence electrons. The molecule has 0 radical (unpaired) electrons. The summed E-state index contributed by atoms with van der Waals surface area (Å²) in [5, 5.41) is 6.22. The van der Waals surface area contributed by atoms with Crippen molar-refractivity contribution in [3.8, 4) is 5.75 Å². The third-order valence-corrected chi connectivity index (χ3v) is 3.49. The molecule has 2 rings (SSSR count). The number of para-hydroxylation sites is 1. The molecular weight excluding hydrogens is 240 g/mol. The molecule has 2 unspecified atom stereocenters. The van der Waals surface area contributed by atoms with Gasteiger partial charge in [0.2, 0.25) is 5.91 Å². The summed E-state index contributed by atoms with van der Waals surface area (Å²) in [5.41, 5.74) is 0. The molecular formula is C15H22N2O2. The third-order valence-electron chi connectivity index (χ3n) is 3.49. The van der Waals surface area contributed by atoms with Crippen molar-refractivity contribution in [1.29, 1.82) is 0 Å². The van der Waals surface area contributed by atoms with Crippen LogP contribution in [0.3, 0.4) is 0 Å². The highest BCUT2D eigenvalue weighted by Gasteiger charge is 2.28. The molecule has 0 bridgehead atoms. The maximum atomic E-state index is 11.9. The number of nitrogens with one attached hydrogen (secondary N) is 2. The lowest BCUT2D eigenvalue weighted by Crippen LogP contribution is -2.35. The van der Waals surface area contributed by atoms with Gasteiger partial charge in [-0.2, -0.15) is 0 Å². The number of benzene rings is 1. The monoisotopic (exact) mass is 262 g/mol. The van der Waals surface area contributed by atoms with E-state index >= 15 is 0 Å². The Bertz CT molecular complexity index is 394. The smallest absolute Gasteiger partial charge is 0.224 e. The fourth-order valence-corrected chi connectivity index (χ4v) is 2.28. The zero-order valence-electron chi connectivity index (χ0n) is 11.4. The van der Waals surface area contributed by atoms with Gasteiger partial charge in [0, 0.05) is 13.1 Å². The van der Waals surface area contributed by atoms with Crippen molar-refractivity contribution in [3.05, 3.63) is 30.3 Å².